The van der Waals surface area contributed by atoms with Crippen LogP contribution in [0.5, 0.6) is 0 Å². The van der Waals surface area contributed by atoms with Crippen molar-refractivity contribution in [1.82, 2.24) is 5.32 Å². The predicted molar refractivity (Wildman–Crippen MR) is 67.0 cm³/mol. The van der Waals surface area contributed by atoms with Gasteiger partial charge in [-0.1, -0.05) is 0 Å². The molecule has 0 bridgehead atoms. The zero-order chi connectivity index (χ0) is 14.5. The summed E-state index contributed by atoms with van der Waals surface area (Å²) < 4.78 is 31.5. The van der Waals surface area contributed by atoms with Crippen molar-refractivity contribution < 1.29 is 23.1 Å². The van der Waals surface area contributed by atoms with E-state index in [0.29, 0.717) is 6.61 Å². The van der Waals surface area contributed by atoms with Crippen LogP contribution in [0.1, 0.15) is 12.8 Å². The summed E-state index contributed by atoms with van der Waals surface area (Å²) in [6, 6.07) is 2.60. The fraction of sp³-hybridized carbons (Fsp3) is 0.385. The van der Waals surface area contributed by atoms with Gasteiger partial charge in [-0.2, -0.15) is 0 Å². The molecule has 1 heterocycles. The van der Waals surface area contributed by atoms with Crippen LogP contribution < -0.4 is 10.6 Å². The summed E-state index contributed by atoms with van der Waals surface area (Å²) in [5, 5.41) is 4.41. The summed E-state index contributed by atoms with van der Waals surface area (Å²) in [5.41, 5.74) is -0.373. The molecule has 20 heavy (non-hydrogen) atoms. The highest BCUT2D eigenvalue weighted by atomic mass is 19.1. The lowest BCUT2D eigenvalue weighted by Crippen LogP contribution is -2.39. The molecular formula is C13H14F2N2O3. The van der Waals surface area contributed by atoms with Crippen LogP contribution in [0.4, 0.5) is 14.5 Å². The number of carbonyl (C=O) groups excluding carboxylic acids is 2. The van der Waals surface area contributed by atoms with Crippen molar-refractivity contribution >= 4 is 17.5 Å². The Kier molecular flexibility index (Phi) is 4.62. The normalized spacial score (nSPS) is 17.8. The lowest BCUT2D eigenvalue weighted by atomic mass is 10.2. The predicted octanol–water partition coefficient (Wildman–Crippen LogP) is 1.20. The molecule has 0 spiro atoms. The summed E-state index contributed by atoms with van der Waals surface area (Å²) in [6.45, 7) is 0.860. The average Bonchev–Trinajstić information content (AvgIpc) is 2.93. The van der Waals surface area contributed by atoms with E-state index in [4.69, 9.17) is 4.74 Å². The van der Waals surface area contributed by atoms with E-state index in [1.807, 2.05) is 5.32 Å². The molecule has 0 unspecified atom stereocenters. The number of amides is 2. The van der Waals surface area contributed by atoms with E-state index < -0.39 is 23.4 Å². The van der Waals surface area contributed by atoms with Gasteiger partial charge >= 0.3 is 11.8 Å². The van der Waals surface area contributed by atoms with Crippen molar-refractivity contribution in [3.05, 3.63) is 29.8 Å². The van der Waals surface area contributed by atoms with Gasteiger partial charge in [0.15, 0.2) is 0 Å². The Balaban J connectivity index is 1.87. The van der Waals surface area contributed by atoms with Crippen LogP contribution in [-0.4, -0.2) is 31.1 Å². The van der Waals surface area contributed by atoms with Gasteiger partial charge in [-0.05, 0) is 25.0 Å². The second-order valence-corrected chi connectivity index (χ2v) is 4.42. The molecule has 0 aliphatic carbocycles. The minimum Gasteiger partial charge on any atom is -0.376 e. The van der Waals surface area contributed by atoms with E-state index in [1.54, 1.807) is 0 Å². The first-order valence-corrected chi connectivity index (χ1v) is 6.22. The first-order valence-electron chi connectivity index (χ1n) is 6.22. The van der Waals surface area contributed by atoms with Crippen molar-refractivity contribution in [1.29, 1.82) is 0 Å². The maximum atomic E-state index is 13.3. The van der Waals surface area contributed by atoms with Crippen LogP contribution in [0, 0.1) is 11.6 Å². The molecule has 1 atom stereocenters. The molecule has 1 aliphatic heterocycles. The average molecular weight is 284 g/mol. The quantitative estimate of drug-likeness (QED) is 0.820. The van der Waals surface area contributed by atoms with Crippen molar-refractivity contribution in [2.45, 2.75) is 18.9 Å². The van der Waals surface area contributed by atoms with Crippen LogP contribution in [0.15, 0.2) is 18.2 Å². The van der Waals surface area contributed by atoms with Gasteiger partial charge in [0.2, 0.25) is 0 Å². The molecular weight excluding hydrogens is 270 g/mol. The summed E-state index contributed by atoms with van der Waals surface area (Å²) in [6.07, 6.45) is 1.64. The van der Waals surface area contributed by atoms with Crippen molar-refractivity contribution in [2.24, 2.45) is 0 Å². The van der Waals surface area contributed by atoms with Gasteiger partial charge in [0.25, 0.3) is 0 Å². The maximum Gasteiger partial charge on any atom is 0.313 e. The van der Waals surface area contributed by atoms with Gasteiger partial charge in [0, 0.05) is 19.2 Å². The highest BCUT2D eigenvalue weighted by molar-refractivity contribution is 6.39. The Hall–Kier alpha value is -2.02. The van der Waals surface area contributed by atoms with E-state index in [0.717, 1.165) is 31.0 Å². The topological polar surface area (TPSA) is 67.4 Å². The Bertz CT molecular complexity index is 516. The van der Waals surface area contributed by atoms with Crippen LogP contribution in [0.3, 0.4) is 0 Å². The van der Waals surface area contributed by atoms with Gasteiger partial charge in [-0.3, -0.25) is 9.59 Å². The zero-order valence-corrected chi connectivity index (χ0v) is 10.6. The van der Waals surface area contributed by atoms with E-state index in [-0.39, 0.29) is 18.3 Å². The van der Waals surface area contributed by atoms with E-state index in [1.165, 1.54) is 0 Å². The lowest BCUT2D eigenvalue weighted by molar-refractivity contribution is -0.136. The number of benzene rings is 1. The summed E-state index contributed by atoms with van der Waals surface area (Å²) >= 11 is 0. The van der Waals surface area contributed by atoms with Gasteiger partial charge in [-0.15, -0.1) is 0 Å². The SMILES string of the molecule is O=C(NC[C@H]1CCCO1)C(=O)Nc1cc(F)ccc1F. The number of halogens is 2. The molecule has 108 valence electrons. The van der Waals surface area contributed by atoms with Gasteiger partial charge in [-0.25, -0.2) is 8.78 Å². The summed E-state index contributed by atoms with van der Waals surface area (Å²) in [4.78, 5) is 23.0. The summed E-state index contributed by atoms with van der Waals surface area (Å²) in [5.74, 6) is -3.48. The molecule has 5 nitrogen and oxygen atoms in total. The number of ether oxygens (including phenoxy) is 1. The molecule has 0 aromatic heterocycles. The first kappa shape index (κ1) is 14.4. The maximum absolute atomic E-state index is 13.3. The minimum atomic E-state index is -1.05. The van der Waals surface area contributed by atoms with Crippen molar-refractivity contribution in [3.63, 3.8) is 0 Å². The first-order chi connectivity index (χ1) is 9.56. The number of carbonyl (C=O) groups is 2. The molecule has 2 rings (SSSR count). The molecule has 2 amide bonds. The second kappa shape index (κ2) is 6.42. The number of anilines is 1. The molecule has 1 aromatic rings. The van der Waals surface area contributed by atoms with Gasteiger partial charge < -0.3 is 15.4 Å². The van der Waals surface area contributed by atoms with Crippen LogP contribution in [-0.2, 0) is 14.3 Å². The minimum absolute atomic E-state index is 0.0994. The molecule has 1 aromatic carbocycles. The number of rotatable bonds is 3. The fourth-order valence-corrected chi connectivity index (χ4v) is 1.86. The zero-order valence-electron chi connectivity index (χ0n) is 10.6. The highest BCUT2D eigenvalue weighted by Gasteiger charge is 2.20. The van der Waals surface area contributed by atoms with Gasteiger partial charge in [0.1, 0.15) is 11.6 Å². The Morgan fingerprint density at radius 2 is 2.10 bits per heavy atom. The van der Waals surface area contributed by atoms with E-state index in [9.17, 15) is 18.4 Å². The van der Waals surface area contributed by atoms with Crippen LogP contribution in [0.25, 0.3) is 0 Å². The molecule has 2 N–H and O–H groups in total. The largest absolute Gasteiger partial charge is 0.376 e. The number of nitrogens with one attached hydrogen (secondary N) is 2. The fourth-order valence-electron chi connectivity index (χ4n) is 1.86. The van der Waals surface area contributed by atoms with Crippen LogP contribution >= 0.6 is 0 Å². The number of hydrogen-bond donors (Lipinski definition) is 2. The summed E-state index contributed by atoms with van der Waals surface area (Å²) in [7, 11) is 0. The molecule has 0 saturated carbocycles. The second-order valence-electron chi connectivity index (χ2n) is 4.42. The van der Waals surface area contributed by atoms with E-state index in [2.05, 4.69) is 5.32 Å². The molecule has 1 fully saturated rings. The van der Waals surface area contributed by atoms with Crippen molar-refractivity contribution in [3.8, 4) is 0 Å². The monoisotopic (exact) mass is 284 g/mol. The molecule has 7 heteroatoms. The smallest absolute Gasteiger partial charge is 0.313 e. The Labute approximate surface area is 114 Å². The highest BCUT2D eigenvalue weighted by Crippen LogP contribution is 2.15. The van der Waals surface area contributed by atoms with Crippen LogP contribution in [0.2, 0.25) is 0 Å². The molecule has 1 saturated heterocycles. The number of hydrogen-bond acceptors (Lipinski definition) is 3. The molecule has 1 aliphatic rings. The third-order valence-corrected chi connectivity index (χ3v) is 2.90. The Morgan fingerprint density at radius 1 is 1.30 bits per heavy atom. The molecule has 0 radical (unpaired) electrons. The standard InChI is InChI=1S/C13H14F2N2O3/c14-8-3-4-10(15)11(6-8)17-13(19)12(18)16-7-9-2-1-5-20-9/h3-4,6,9H,1-2,5,7H2,(H,16,18)(H,17,19)/t9-/m1/s1. The van der Waals surface area contributed by atoms with Crippen molar-refractivity contribution in [2.75, 3.05) is 18.5 Å². The third kappa shape index (κ3) is 3.74. The third-order valence-electron chi connectivity index (χ3n) is 2.90. The van der Waals surface area contributed by atoms with E-state index >= 15 is 0 Å². The lowest BCUT2D eigenvalue weighted by Gasteiger charge is -2.11. The Morgan fingerprint density at radius 3 is 2.80 bits per heavy atom. The van der Waals surface area contributed by atoms with Gasteiger partial charge in [0.05, 0.1) is 11.8 Å².